The first-order valence-corrected chi connectivity index (χ1v) is 3.55. The molecule has 0 atom stereocenters. The zero-order valence-corrected chi connectivity index (χ0v) is 6.52. The smallest absolute Gasteiger partial charge is 0.0650 e. The molecule has 1 aromatic heterocycles. The summed E-state index contributed by atoms with van der Waals surface area (Å²) < 4.78 is 0. The summed E-state index contributed by atoms with van der Waals surface area (Å²) in [6.07, 6.45) is 1.67. The highest BCUT2D eigenvalue weighted by Crippen LogP contribution is 2.13. The van der Waals surface area contributed by atoms with Gasteiger partial charge in [0.1, 0.15) is 0 Å². The van der Waals surface area contributed by atoms with Crippen LogP contribution >= 0.6 is 11.6 Å². The monoisotopic (exact) mass is 156 g/mol. The molecule has 0 bridgehead atoms. The van der Waals surface area contributed by atoms with E-state index in [0.29, 0.717) is 5.88 Å². The fourth-order valence-corrected chi connectivity index (χ4v) is 1.00. The van der Waals surface area contributed by atoms with Crippen LogP contribution in [0.1, 0.15) is 11.3 Å². The Balaban J connectivity index is 3.14. The SMILES string of the molecule is Cc1c(N)ccnc1CCl. The first-order chi connectivity index (χ1) is 4.75. The van der Waals surface area contributed by atoms with E-state index in [9.17, 15) is 0 Å². The van der Waals surface area contributed by atoms with Crippen LogP contribution in [-0.2, 0) is 5.88 Å². The van der Waals surface area contributed by atoms with E-state index in [1.807, 2.05) is 6.92 Å². The number of nitrogen functional groups attached to an aromatic ring is 1. The molecular weight excluding hydrogens is 148 g/mol. The lowest BCUT2D eigenvalue weighted by molar-refractivity contribution is 1.13. The van der Waals surface area contributed by atoms with Crippen LogP contribution in [0.25, 0.3) is 0 Å². The third-order valence-electron chi connectivity index (χ3n) is 1.48. The number of nitrogens with two attached hydrogens (primary N) is 1. The zero-order chi connectivity index (χ0) is 7.56. The molecule has 0 amide bonds. The van der Waals surface area contributed by atoms with Gasteiger partial charge < -0.3 is 5.73 Å². The summed E-state index contributed by atoms with van der Waals surface area (Å²) in [6, 6.07) is 1.77. The number of hydrogen-bond donors (Lipinski definition) is 1. The van der Waals surface area contributed by atoms with Crippen LogP contribution in [0.15, 0.2) is 12.3 Å². The van der Waals surface area contributed by atoms with Crippen LogP contribution in [0.5, 0.6) is 0 Å². The Morgan fingerprint density at radius 3 is 2.90 bits per heavy atom. The maximum atomic E-state index is 5.60. The minimum absolute atomic E-state index is 0.427. The Labute approximate surface area is 65.0 Å². The average molecular weight is 157 g/mol. The molecule has 0 saturated carbocycles. The van der Waals surface area contributed by atoms with E-state index in [2.05, 4.69) is 4.98 Å². The molecule has 10 heavy (non-hydrogen) atoms. The first kappa shape index (κ1) is 7.35. The minimum Gasteiger partial charge on any atom is -0.398 e. The van der Waals surface area contributed by atoms with Gasteiger partial charge in [-0.2, -0.15) is 0 Å². The highest BCUT2D eigenvalue weighted by molar-refractivity contribution is 6.17. The van der Waals surface area contributed by atoms with E-state index < -0.39 is 0 Å². The summed E-state index contributed by atoms with van der Waals surface area (Å²) >= 11 is 5.59. The number of aromatic nitrogens is 1. The van der Waals surface area contributed by atoms with Crippen molar-refractivity contribution in [2.45, 2.75) is 12.8 Å². The number of halogens is 1. The first-order valence-electron chi connectivity index (χ1n) is 3.01. The molecule has 54 valence electrons. The highest BCUT2D eigenvalue weighted by Gasteiger charge is 1.99. The second kappa shape index (κ2) is 2.88. The lowest BCUT2D eigenvalue weighted by Gasteiger charge is -2.02. The Bertz CT molecular complexity index is 235. The number of anilines is 1. The molecule has 3 heteroatoms. The molecule has 0 unspecified atom stereocenters. The van der Waals surface area contributed by atoms with Crippen LogP contribution in [0.3, 0.4) is 0 Å². The molecule has 1 aromatic rings. The predicted molar refractivity (Wildman–Crippen MR) is 42.9 cm³/mol. The maximum absolute atomic E-state index is 5.60. The van der Waals surface area contributed by atoms with Crippen LogP contribution in [0.2, 0.25) is 0 Å². The fraction of sp³-hybridized carbons (Fsp3) is 0.286. The van der Waals surface area contributed by atoms with Gasteiger partial charge in [-0.3, -0.25) is 4.98 Å². The molecule has 0 radical (unpaired) electrons. The summed E-state index contributed by atoms with van der Waals surface area (Å²) in [5, 5.41) is 0. The molecule has 0 fully saturated rings. The summed E-state index contributed by atoms with van der Waals surface area (Å²) in [6.45, 7) is 1.92. The molecule has 0 aliphatic carbocycles. The van der Waals surface area contributed by atoms with Crippen molar-refractivity contribution in [1.82, 2.24) is 4.98 Å². The standard InChI is InChI=1S/C7H9ClN2/c1-5-6(9)2-3-10-7(5)4-8/h2-3H,4H2,1H3,(H2,9,10). The molecule has 1 rings (SSSR count). The van der Waals surface area contributed by atoms with Crippen molar-refractivity contribution in [2.24, 2.45) is 0 Å². The van der Waals surface area contributed by atoms with Crippen LogP contribution in [-0.4, -0.2) is 4.98 Å². The second-order valence-electron chi connectivity index (χ2n) is 2.11. The second-order valence-corrected chi connectivity index (χ2v) is 2.37. The van der Waals surface area contributed by atoms with Crippen LogP contribution in [0, 0.1) is 6.92 Å². The number of rotatable bonds is 1. The molecule has 0 aliphatic rings. The van der Waals surface area contributed by atoms with Gasteiger partial charge in [0.05, 0.1) is 11.6 Å². The molecule has 1 heterocycles. The Morgan fingerprint density at radius 1 is 1.70 bits per heavy atom. The number of alkyl halides is 1. The summed E-state index contributed by atoms with van der Waals surface area (Å²) in [5.41, 5.74) is 8.20. The van der Waals surface area contributed by atoms with Crippen molar-refractivity contribution in [3.8, 4) is 0 Å². The lowest BCUT2D eigenvalue weighted by atomic mass is 10.2. The summed E-state index contributed by atoms with van der Waals surface area (Å²) in [7, 11) is 0. The average Bonchev–Trinajstić information content (AvgIpc) is 1.95. The molecule has 0 aromatic carbocycles. The van der Waals surface area contributed by atoms with Gasteiger partial charge >= 0.3 is 0 Å². The summed E-state index contributed by atoms with van der Waals surface area (Å²) in [4.78, 5) is 4.05. The minimum atomic E-state index is 0.427. The molecule has 0 aliphatic heterocycles. The number of pyridine rings is 1. The van der Waals surface area contributed by atoms with Gasteiger partial charge in [0.15, 0.2) is 0 Å². The van der Waals surface area contributed by atoms with Gasteiger partial charge in [-0.15, -0.1) is 11.6 Å². The van der Waals surface area contributed by atoms with Gasteiger partial charge in [-0.1, -0.05) is 0 Å². The number of hydrogen-bond acceptors (Lipinski definition) is 2. The quantitative estimate of drug-likeness (QED) is 0.629. The van der Waals surface area contributed by atoms with Crippen molar-refractivity contribution in [3.05, 3.63) is 23.5 Å². The molecule has 0 saturated heterocycles. The van der Waals surface area contributed by atoms with E-state index in [1.165, 1.54) is 0 Å². The third kappa shape index (κ3) is 1.21. The van der Waals surface area contributed by atoms with Gasteiger partial charge in [0.25, 0.3) is 0 Å². The summed E-state index contributed by atoms with van der Waals surface area (Å²) in [5.74, 6) is 0.427. The van der Waals surface area contributed by atoms with E-state index in [4.69, 9.17) is 17.3 Å². The van der Waals surface area contributed by atoms with Gasteiger partial charge in [0, 0.05) is 11.9 Å². The predicted octanol–water partition coefficient (Wildman–Crippen LogP) is 1.71. The van der Waals surface area contributed by atoms with Gasteiger partial charge in [-0.05, 0) is 18.6 Å². The fourth-order valence-electron chi connectivity index (χ4n) is 0.731. The lowest BCUT2D eigenvalue weighted by Crippen LogP contribution is -1.95. The van der Waals surface area contributed by atoms with Crippen LogP contribution in [0.4, 0.5) is 5.69 Å². The topological polar surface area (TPSA) is 38.9 Å². The van der Waals surface area contributed by atoms with Crippen molar-refractivity contribution in [3.63, 3.8) is 0 Å². The van der Waals surface area contributed by atoms with Crippen molar-refractivity contribution in [1.29, 1.82) is 0 Å². The van der Waals surface area contributed by atoms with E-state index in [1.54, 1.807) is 12.3 Å². The van der Waals surface area contributed by atoms with E-state index >= 15 is 0 Å². The molecule has 0 spiro atoms. The van der Waals surface area contributed by atoms with Crippen molar-refractivity contribution in [2.75, 3.05) is 5.73 Å². The van der Waals surface area contributed by atoms with Crippen molar-refractivity contribution < 1.29 is 0 Å². The van der Waals surface area contributed by atoms with Crippen molar-refractivity contribution >= 4 is 17.3 Å². The third-order valence-corrected chi connectivity index (χ3v) is 1.73. The largest absolute Gasteiger partial charge is 0.398 e. The zero-order valence-electron chi connectivity index (χ0n) is 5.76. The normalized spacial score (nSPS) is 9.80. The van der Waals surface area contributed by atoms with E-state index in [-0.39, 0.29) is 0 Å². The van der Waals surface area contributed by atoms with Crippen LogP contribution < -0.4 is 5.73 Å². The maximum Gasteiger partial charge on any atom is 0.0650 e. The Hall–Kier alpha value is -0.760. The van der Waals surface area contributed by atoms with E-state index in [0.717, 1.165) is 16.9 Å². The number of nitrogens with zero attached hydrogens (tertiary/aromatic N) is 1. The molecular formula is C7H9ClN2. The molecule has 2 nitrogen and oxygen atoms in total. The highest BCUT2D eigenvalue weighted by atomic mass is 35.5. The Morgan fingerprint density at radius 2 is 2.40 bits per heavy atom. The van der Waals surface area contributed by atoms with Gasteiger partial charge in [0.2, 0.25) is 0 Å². The Kier molecular flexibility index (Phi) is 2.12. The molecule has 2 N–H and O–H groups in total. The van der Waals surface area contributed by atoms with Gasteiger partial charge in [-0.25, -0.2) is 0 Å².